The second kappa shape index (κ2) is 6.01. The standard InChI is InChI=1S/C16H15FN2O3/c17-10-5-6-14-12(9-10)13(4-2-8-22-14)19-16(21)11-3-1-7-18-15(11)20/h1,3,5-7,9,13H,2,4,8H2,(H,18,20)(H,19,21)/t13-/m0/s1. The fourth-order valence-corrected chi connectivity index (χ4v) is 2.53. The zero-order valence-electron chi connectivity index (χ0n) is 11.8. The predicted molar refractivity (Wildman–Crippen MR) is 78.4 cm³/mol. The third kappa shape index (κ3) is 2.86. The molecule has 0 unspecified atom stereocenters. The van der Waals surface area contributed by atoms with E-state index in [2.05, 4.69) is 10.3 Å². The molecule has 0 bridgehead atoms. The smallest absolute Gasteiger partial charge is 0.260 e. The molecule has 0 spiro atoms. The third-order valence-corrected chi connectivity index (χ3v) is 3.61. The summed E-state index contributed by atoms with van der Waals surface area (Å²) in [5.74, 6) is -0.309. The number of carbonyl (C=O) groups is 1. The van der Waals surface area contributed by atoms with E-state index in [-0.39, 0.29) is 17.4 Å². The molecule has 1 atom stereocenters. The number of H-pyrrole nitrogens is 1. The summed E-state index contributed by atoms with van der Waals surface area (Å²) < 4.78 is 19.1. The van der Waals surface area contributed by atoms with Gasteiger partial charge in [0, 0.05) is 11.8 Å². The molecule has 114 valence electrons. The number of aromatic amines is 1. The van der Waals surface area contributed by atoms with Gasteiger partial charge in [0.05, 0.1) is 12.6 Å². The second-order valence-corrected chi connectivity index (χ2v) is 5.11. The van der Waals surface area contributed by atoms with Crippen LogP contribution in [0.3, 0.4) is 0 Å². The van der Waals surface area contributed by atoms with E-state index in [9.17, 15) is 14.0 Å². The van der Waals surface area contributed by atoms with Gasteiger partial charge in [-0.1, -0.05) is 0 Å². The Morgan fingerprint density at radius 1 is 1.36 bits per heavy atom. The highest BCUT2D eigenvalue weighted by atomic mass is 19.1. The van der Waals surface area contributed by atoms with E-state index < -0.39 is 11.5 Å². The highest BCUT2D eigenvalue weighted by Gasteiger charge is 2.23. The molecule has 0 fully saturated rings. The number of amides is 1. The second-order valence-electron chi connectivity index (χ2n) is 5.11. The van der Waals surface area contributed by atoms with Crippen molar-refractivity contribution in [3.05, 3.63) is 63.8 Å². The molecular formula is C16H15FN2O3. The van der Waals surface area contributed by atoms with Gasteiger partial charge in [0.25, 0.3) is 11.5 Å². The van der Waals surface area contributed by atoms with Gasteiger partial charge in [-0.05, 0) is 43.2 Å². The maximum Gasteiger partial charge on any atom is 0.260 e. The zero-order chi connectivity index (χ0) is 15.5. The van der Waals surface area contributed by atoms with Gasteiger partial charge >= 0.3 is 0 Å². The van der Waals surface area contributed by atoms with Crippen molar-refractivity contribution in [1.29, 1.82) is 0 Å². The fourth-order valence-electron chi connectivity index (χ4n) is 2.53. The van der Waals surface area contributed by atoms with E-state index >= 15 is 0 Å². The number of ether oxygens (including phenoxy) is 1. The van der Waals surface area contributed by atoms with Crippen LogP contribution >= 0.6 is 0 Å². The van der Waals surface area contributed by atoms with Crippen LogP contribution in [-0.2, 0) is 0 Å². The average molecular weight is 302 g/mol. The molecule has 5 nitrogen and oxygen atoms in total. The maximum absolute atomic E-state index is 13.5. The number of benzene rings is 1. The lowest BCUT2D eigenvalue weighted by atomic mass is 10.0. The van der Waals surface area contributed by atoms with Crippen LogP contribution < -0.4 is 15.6 Å². The van der Waals surface area contributed by atoms with Crippen LogP contribution in [0.4, 0.5) is 4.39 Å². The van der Waals surface area contributed by atoms with Gasteiger partial charge in [-0.2, -0.15) is 0 Å². The molecule has 0 radical (unpaired) electrons. The Labute approximate surface area is 126 Å². The van der Waals surface area contributed by atoms with Crippen molar-refractivity contribution in [3.63, 3.8) is 0 Å². The van der Waals surface area contributed by atoms with Crippen LogP contribution in [0.1, 0.15) is 34.8 Å². The summed E-state index contributed by atoms with van der Waals surface area (Å²) in [5.41, 5.74) is 0.174. The SMILES string of the molecule is O=C(N[C@H]1CCCOc2ccc(F)cc21)c1ccc[nH]c1=O. The van der Waals surface area contributed by atoms with E-state index in [4.69, 9.17) is 4.74 Å². The van der Waals surface area contributed by atoms with E-state index in [0.717, 1.165) is 6.42 Å². The molecule has 0 aliphatic carbocycles. The van der Waals surface area contributed by atoms with E-state index in [1.807, 2.05) is 0 Å². The molecule has 3 rings (SSSR count). The first-order valence-corrected chi connectivity index (χ1v) is 7.06. The number of carbonyl (C=O) groups excluding carboxylic acids is 1. The molecule has 1 aliphatic rings. The van der Waals surface area contributed by atoms with Crippen LogP contribution in [-0.4, -0.2) is 17.5 Å². The normalized spacial score (nSPS) is 17.0. The monoisotopic (exact) mass is 302 g/mol. The lowest BCUT2D eigenvalue weighted by Gasteiger charge is -2.18. The number of rotatable bonds is 2. The lowest BCUT2D eigenvalue weighted by molar-refractivity contribution is 0.0933. The van der Waals surface area contributed by atoms with Crippen LogP contribution in [0.25, 0.3) is 0 Å². The summed E-state index contributed by atoms with van der Waals surface area (Å²) in [7, 11) is 0. The number of fused-ring (bicyclic) bond motifs is 1. The van der Waals surface area contributed by atoms with Crippen molar-refractivity contribution in [2.45, 2.75) is 18.9 Å². The predicted octanol–water partition coefficient (Wildman–Crippen LogP) is 2.16. The van der Waals surface area contributed by atoms with Crippen molar-refractivity contribution >= 4 is 5.91 Å². The number of pyridine rings is 1. The summed E-state index contributed by atoms with van der Waals surface area (Å²) in [6, 6.07) is 6.89. The molecule has 0 saturated carbocycles. The first kappa shape index (κ1) is 14.3. The highest BCUT2D eigenvalue weighted by Crippen LogP contribution is 2.32. The van der Waals surface area contributed by atoms with Gasteiger partial charge in [0.15, 0.2) is 0 Å². The molecule has 22 heavy (non-hydrogen) atoms. The number of aromatic nitrogens is 1. The number of hydrogen-bond acceptors (Lipinski definition) is 3. The Bertz CT molecular complexity index is 757. The Morgan fingerprint density at radius 3 is 3.05 bits per heavy atom. The molecule has 2 heterocycles. The number of nitrogens with one attached hydrogen (secondary N) is 2. The van der Waals surface area contributed by atoms with Crippen molar-refractivity contribution in [2.75, 3.05) is 6.61 Å². The molecule has 2 N–H and O–H groups in total. The topological polar surface area (TPSA) is 71.2 Å². The average Bonchev–Trinajstić information content (AvgIpc) is 2.70. The molecule has 0 saturated heterocycles. The molecule has 1 amide bonds. The molecule has 1 aromatic carbocycles. The van der Waals surface area contributed by atoms with Crippen molar-refractivity contribution in [2.24, 2.45) is 0 Å². The minimum absolute atomic E-state index is 0.0330. The minimum Gasteiger partial charge on any atom is -0.493 e. The summed E-state index contributed by atoms with van der Waals surface area (Å²) in [4.78, 5) is 26.4. The fraction of sp³-hybridized carbons (Fsp3) is 0.250. The molecule has 6 heteroatoms. The van der Waals surface area contributed by atoms with E-state index in [1.165, 1.54) is 24.4 Å². The summed E-state index contributed by atoms with van der Waals surface area (Å²) in [6.07, 6.45) is 2.81. The van der Waals surface area contributed by atoms with Crippen LogP contribution in [0.5, 0.6) is 5.75 Å². The quantitative estimate of drug-likeness (QED) is 0.893. The van der Waals surface area contributed by atoms with Crippen molar-refractivity contribution < 1.29 is 13.9 Å². The van der Waals surface area contributed by atoms with Gasteiger partial charge in [0.2, 0.25) is 0 Å². The molecule has 2 aromatic rings. The van der Waals surface area contributed by atoms with Crippen molar-refractivity contribution in [1.82, 2.24) is 10.3 Å². The van der Waals surface area contributed by atoms with Crippen LogP contribution in [0.15, 0.2) is 41.3 Å². The largest absolute Gasteiger partial charge is 0.493 e. The van der Waals surface area contributed by atoms with E-state index in [1.54, 1.807) is 12.1 Å². The van der Waals surface area contributed by atoms with Crippen LogP contribution in [0, 0.1) is 5.82 Å². The first-order chi connectivity index (χ1) is 10.6. The van der Waals surface area contributed by atoms with Gasteiger partial charge in [-0.3, -0.25) is 9.59 Å². The highest BCUT2D eigenvalue weighted by molar-refractivity contribution is 5.94. The van der Waals surface area contributed by atoms with Gasteiger partial charge in [-0.25, -0.2) is 4.39 Å². The lowest BCUT2D eigenvalue weighted by Crippen LogP contribution is -2.32. The first-order valence-electron chi connectivity index (χ1n) is 7.06. The molecular weight excluding hydrogens is 287 g/mol. The third-order valence-electron chi connectivity index (χ3n) is 3.61. The Morgan fingerprint density at radius 2 is 2.23 bits per heavy atom. The Hall–Kier alpha value is -2.63. The van der Waals surface area contributed by atoms with Gasteiger partial charge < -0.3 is 15.0 Å². The van der Waals surface area contributed by atoms with E-state index in [0.29, 0.717) is 24.3 Å². The Balaban J connectivity index is 1.89. The van der Waals surface area contributed by atoms with Gasteiger partial charge in [-0.15, -0.1) is 0 Å². The minimum atomic E-state index is -0.482. The maximum atomic E-state index is 13.5. The summed E-state index contributed by atoms with van der Waals surface area (Å²) in [6.45, 7) is 0.511. The van der Waals surface area contributed by atoms with Crippen molar-refractivity contribution in [3.8, 4) is 5.75 Å². The Kier molecular flexibility index (Phi) is 3.91. The zero-order valence-corrected chi connectivity index (χ0v) is 11.8. The summed E-state index contributed by atoms with van der Waals surface area (Å²) in [5, 5.41) is 2.79. The molecule has 1 aliphatic heterocycles. The van der Waals surface area contributed by atoms with Gasteiger partial charge in [0.1, 0.15) is 17.1 Å². The summed E-state index contributed by atoms with van der Waals surface area (Å²) >= 11 is 0. The van der Waals surface area contributed by atoms with Crippen LogP contribution in [0.2, 0.25) is 0 Å². The number of hydrogen-bond donors (Lipinski definition) is 2. The number of halogens is 1. The molecule has 1 aromatic heterocycles.